The highest BCUT2D eigenvalue weighted by molar-refractivity contribution is 5.79. The molecule has 0 fully saturated rings. The van der Waals surface area contributed by atoms with Crippen LogP contribution in [0.2, 0.25) is 0 Å². The Kier molecular flexibility index (Phi) is 5.10. The van der Waals surface area contributed by atoms with Crippen molar-refractivity contribution < 1.29 is 19.2 Å². The average molecular weight is 253 g/mol. The predicted octanol–water partition coefficient (Wildman–Crippen LogP) is 2.59. The number of nitrogens with zero attached hydrogens (tertiary/aromatic N) is 1. The number of carbonyl (C=O) groups excluding carboxylic acids is 1. The molecule has 18 heavy (non-hydrogen) atoms. The van der Waals surface area contributed by atoms with Gasteiger partial charge in [0.15, 0.2) is 5.75 Å². The number of nitro benzene ring substituents is 1. The summed E-state index contributed by atoms with van der Waals surface area (Å²) in [5.74, 6) is 0.268. The fourth-order valence-corrected chi connectivity index (χ4v) is 1.43. The number of hydrogen-bond acceptors (Lipinski definition) is 5. The van der Waals surface area contributed by atoms with Crippen LogP contribution in [-0.2, 0) is 0 Å². The Bertz CT molecular complexity index is 444. The van der Waals surface area contributed by atoms with Gasteiger partial charge in [-0.3, -0.25) is 14.9 Å². The molecule has 0 aromatic heterocycles. The lowest BCUT2D eigenvalue weighted by Gasteiger charge is -2.11. The molecule has 0 aliphatic carbocycles. The number of rotatable bonds is 7. The number of methoxy groups -OCH3 is 1. The first kappa shape index (κ1) is 14.0. The highest BCUT2D eigenvalue weighted by Gasteiger charge is 2.22. The highest BCUT2D eigenvalue weighted by Crippen LogP contribution is 2.38. The maximum absolute atomic E-state index is 10.9. The fraction of sp³-hybridized carbons (Fsp3) is 0.417. The Morgan fingerprint density at radius 3 is 2.67 bits per heavy atom. The summed E-state index contributed by atoms with van der Waals surface area (Å²) >= 11 is 0. The quantitative estimate of drug-likeness (QED) is 0.323. The second kappa shape index (κ2) is 6.58. The van der Waals surface area contributed by atoms with E-state index in [0.29, 0.717) is 12.9 Å². The third-order valence-electron chi connectivity index (χ3n) is 2.35. The van der Waals surface area contributed by atoms with Crippen molar-refractivity contribution in [2.75, 3.05) is 13.7 Å². The van der Waals surface area contributed by atoms with Gasteiger partial charge < -0.3 is 9.47 Å². The van der Waals surface area contributed by atoms with E-state index in [1.54, 1.807) is 0 Å². The SMILES string of the molecule is CCCCOc1c(OC)cc(C=O)cc1[N+](=O)[O-]. The number of hydrogen-bond donors (Lipinski definition) is 0. The molecule has 6 heteroatoms. The monoisotopic (exact) mass is 253 g/mol. The van der Waals surface area contributed by atoms with Crippen molar-refractivity contribution in [3.05, 3.63) is 27.8 Å². The molecule has 0 aliphatic rings. The zero-order valence-electron chi connectivity index (χ0n) is 10.3. The summed E-state index contributed by atoms with van der Waals surface area (Å²) in [6.45, 7) is 2.36. The molecule has 0 bridgehead atoms. The van der Waals surface area contributed by atoms with E-state index in [-0.39, 0.29) is 22.7 Å². The van der Waals surface area contributed by atoms with E-state index in [9.17, 15) is 14.9 Å². The zero-order valence-corrected chi connectivity index (χ0v) is 10.3. The molecule has 0 atom stereocenters. The minimum Gasteiger partial charge on any atom is -0.493 e. The van der Waals surface area contributed by atoms with Gasteiger partial charge in [-0.25, -0.2) is 0 Å². The van der Waals surface area contributed by atoms with Crippen molar-refractivity contribution in [1.82, 2.24) is 0 Å². The molecule has 0 spiro atoms. The van der Waals surface area contributed by atoms with Gasteiger partial charge in [-0.2, -0.15) is 0 Å². The van der Waals surface area contributed by atoms with E-state index in [0.717, 1.165) is 12.8 Å². The molecule has 0 heterocycles. The minimum absolute atomic E-state index is 0.0709. The first-order valence-electron chi connectivity index (χ1n) is 5.58. The Hall–Kier alpha value is -2.11. The lowest BCUT2D eigenvalue weighted by Crippen LogP contribution is -2.03. The lowest BCUT2D eigenvalue weighted by atomic mass is 10.2. The summed E-state index contributed by atoms with van der Waals surface area (Å²) in [7, 11) is 1.38. The van der Waals surface area contributed by atoms with Gasteiger partial charge in [-0.05, 0) is 12.5 Å². The van der Waals surface area contributed by atoms with Crippen molar-refractivity contribution >= 4 is 12.0 Å². The van der Waals surface area contributed by atoms with Crippen molar-refractivity contribution in [2.45, 2.75) is 19.8 Å². The molecule has 0 aliphatic heterocycles. The molecule has 0 radical (unpaired) electrons. The predicted molar refractivity (Wildman–Crippen MR) is 65.4 cm³/mol. The fourth-order valence-electron chi connectivity index (χ4n) is 1.43. The Morgan fingerprint density at radius 1 is 1.44 bits per heavy atom. The smallest absolute Gasteiger partial charge is 0.315 e. The van der Waals surface area contributed by atoms with Gasteiger partial charge in [0.2, 0.25) is 5.75 Å². The second-order valence-corrected chi connectivity index (χ2v) is 3.65. The van der Waals surface area contributed by atoms with Crippen LogP contribution in [0.5, 0.6) is 11.5 Å². The van der Waals surface area contributed by atoms with Gasteiger partial charge in [0.1, 0.15) is 6.29 Å². The van der Waals surface area contributed by atoms with Gasteiger partial charge in [0, 0.05) is 11.6 Å². The summed E-state index contributed by atoms with van der Waals surface area (Å²) in [6, 6.07) is 2.60. The number of aldehydes is 1. The van der Waals surface area contributed by atoms with Crippen molar-refractivity contribution in [1.29, 1.82) is 0 Å². The van der Waals surface area contributed by atoms with E-state index in [2.05, 4.69) is 0 Å². The second-order valence-electron chi connectivity index (χ2n) is 3.65. The number of nitro groups is 1. The normalized spacial score (nSPS) is 9.89. The zero-order chi connectivity index (χ0) is 13.5. The summed E-state index contributed by atoms with van der Waals surface area (Å²) in [6.07, 6.45) is 2.24. The average Bonchev–Trinajstić information content (AvgIpc) is 2.38. The Balaban J connectivity index is 3.17. The van der Waals surface area contributed by atoms with Crippen molar-refractivity contribution in [3.63, 3.8) is 0 Å². The largest absolute Gasteiger partial charge is 0.493 e. The maximum Gasteiger partial charge on any atom is 0.315 e. The van der Waals surface area contributed by atoms with Crippen LogP contribution >= 0.6 is 0 Å². The minimum atomic E-state index is -0.587. The summed E-state index contributed by atoms with van der Waals surface area (Å²) < 4.78 is 10.4. The van der Waals surface area contributed by atoms with Crippen LogP contribution in [0.25, 0.3) is 0 Å². The maximum atomic E-state index is 10.9. The van der Waals surface area contributed by atoms with Crippen LogP contribution < -0.4 is 9.47 Å². The van der Waals surface area contributed by atoms with Gasteiger partial charge >= 0.3 is 5.69 Å². The van der Waals surface area contributed by atoms with E-state index in [1.165, 1.54) is 19.2 Å². The van der Waals surface area contributed by atoms with Crippen molar-refractivity contribution in [2.24, 2.45) is 0 Å². The van der Waals surface area contributed by atoms with Crippen LogP contribution in [0.1, 0.15) is 30.1 Å². The summed E-state index contributed by atoms with van der Waals surface area (Å²) in [5.41, 5.74) is -0.0751. The number of ether oxygens (including phenoxy) is 2. The lowest BCUT2D eigenvalue weighted by molar-refractivity contribution is -0.386. The third kappa shape index (κ3) is 3.19. The van der Waals surface area contributed by atoms with Crippen LogP contribution in [0, 0.1) is 10.1 Å². The van der Waals surface area contributed by atoms with Crippen LogP contribution in [0.3, 0.4) is 0 Å². The molecular weight excluding hydrogens is 238 g/mol. The van der Waals surface area contributed by atoms with E-state index < -0.39 is 4.92 Å². The Morgan fingerprint density at radius 2 is 2.17 bits per heavy atom. The molecular formula is C12H15NO5. The molecule has 0 N–H and O–H groups in total. The van der Waals surface area contributed by atoms with Gasteiger partial charge in [0.05, 0.1) is 18.6 Å². The first-order valence-corrected chi connectivity index (χ1v) is 5.58. The molecule has 6 nitrogen and oxygen atoms in total. The topological polar surface area (TPSA) is 78.7 Å². The molecule has 0 amide bonds. The summed E-state index contributed by atoms with van der Waals surface area (Å²) in [5, 5.41) is 10.9. The molecule has 98 valence electrons. The molecule has 0 saturated carbocycles. The van der Waals surface area contributed by atoms with Gasteiger partial charge in [-0.1, -0.05) is 13.3 Å². The molecule has 1 aromatic carbocycles. The van der Waals surface area contributed by atoms with Crippen LogP contribution in [-0.4, -0.2) is 24.9 Å². The number of benzene rings is 1. The number of unbranched alkanes of at least 4 members (excludes halogenated alkanes) is 1. The van der Waals surface area contributed by atoms with Crippen molar-refractivity contribution in [3.8, 4) is 11.5 Å². The van der Waals surface area contributed by atoms with Gasteiger partial charge in [0.25, 0.3) is 0 Å². The van der Waals surface area contributed by atoms with E-state index in [1.807, 2.05) is 6.92 Å². The third-order valence-corrected chi connectivity index (χ3v) is 2.35. The first-order chi connectivity index (χ1) is 8.63. The number of carbonyl (C=O) groups is 1. The van der Waals surface area contributed by atoms with Crippen LogP contribution in [0.4, 0.5) is 5.69 Å². The standard InChI is InChI=1S/C12H15NO5/c1-3-4-5-18-12-10(13(15)16)6-9(8-14)7-11(12)17-2/h6-8H,3-5H2,1-2H3. The molecule has 1 rings (SSSR count). The van der Waals surface area contributed by atoms with Crippen LogP contribution in [0.15, 0.2) is 12.1 Å². The van der Waals surface area contributed by atoms with E-state index >= 15 is 0 Å². The summed E-state index contributed by atoms with van der Waals surface area (Å²) in [4.78, 5) is 21.1. The molecule has 1 aromatic rings. The van der Waals surface area contributed by atoms with E-state index in [4.69, 9.17) is 9.47 Å². The molecule has 0 unspecified atom stereocenters. The molecule has 0 saturated heterocycles. The van der Waals surface area contributed by atoms with Gasteiger partial charge in [-0.15, -0.1) is 0 Å². The highest BCUT2D eigenvalue weighted by atomic mass is 16.6. The Labute approximate surface area is 105 Å².